The Bertz CT molecular complexity index is 570. The van der Waals surface area contributed by atoms with Gasteiger partial charge in [-0.3, -0.25) is 9.59 Å². The quantitative estimate of drug-likeness (QED) is 0.249. The van der Waals surface area contributed by atoms with Crippen molar-refractivity contribution < 1.29 is 14.7 Å². The van der Waals surface area contributed by atoms with Gasteiger partial charge in [0, 0.05) is 12.8 Å². The van der Waals surface area contributed by atoms with Crippen LogP contribution in [0.5, 0.6) is 0 Å². The van der Waals surface area contributed by atoms with E-state index in [0.717, 1.165) is 18.4 Å². The summed E-state index contributed by atoms with van der Waals surface area (Å²) in [6.45, 7) is 2.23. The summed E-state index contributed by atoms with van der Waals surface area (Å²) in [6, 6.07) is 9.37. The fourth-order valence-corrected chi connectivity index (χ4v) is 2.90. The Kier molecular flexibility index (Phi) is 12.7. The number of rotatable bonds is 15. The predicted molar refractivity (Wildman–Crippen MR) is 110 cm³/mol. The first-order valence-electron chi connectivity index (χ1n) is 10.3. The smallest absolute Gasteiger partial charge is 0.303 e. The first-order chi connectivity index (χ1) is 13.1. The molecule has 1 aromatic rings. The molecule has 0 saturated carbocycles. The third-order valence-corrected chi connectivity index (χ3v) is 4.51. The summed E-state index contributed by atoms with van der Waals surface area (Å²) < 4.78 is 0. The van der Waals surface area contributed by atoms with Crippen LogP contribution in [0.25, 0.3) is 0 Å². The van der Waals surface area contributed by atoms with Crippen molar-refractivity contribution in [3.8, 4) is 0 Å². The molecule has 1 aromatic carbocycles. The molecule has 0 heterocycles. The fraction of sp³-hybridized carbons (Fsp3) is 0.591. The van der Waals surface area contributed by atoms with Gasteiger partial charge in [-0.1, -0.05) is 88.6 Å². The van der Waals surface area contributed by atoms with Crippen molar-refractivity contribution in [3.63, 3.8) is 0 Å². The molecule has 0 fully saturated rings. The number of hydrazone groups is 1. The van der Waals surface area contributed by atoms with E-state index in [1.807, 2.05) is 30.3 Å². The second-order valence-corrected chi connectivity index (χ2v) is 6.93. The van der Waals surface area contributed by atoms with Gasteiger partial charge in [0.15, 0.2) is 0 Å². The molecule has 0 radical (unpaired) electrons. The molecule has 0 atom stereocenters. The lowest BCUT2D eigenvalue weighted by molar-refractivity contribution is -0.136. The maximum Gasteiger partial charge on any atom is 0.303 e. The van der Waals surface area contributed by atoms with Gasteiger partial charge < -0.3 is 5.11 Å². The normalized spacial score (nSPS) is 11.4. The average molecular weight is 375 g/mol. The first-order valence-corrected chi connectivity index (χ1v) is 10.3. The highest BCUT2D eigenvalue weighted by Gasteiger charge is 2.08. The number of benzene rings is 1. The van der Waals surface area contributed by atoms with E-state index in [1.165, 1.54) is 44.9 Å². The summed E-state index contributed by atoms with van der Waals surface area (Å²) in [7, 11) is 0. The van der Waals surface area contributed by atoms with Gasteiger partial charge >= 0.3 is 5.97 Å². The summed E-state index contributed by atoms with van der Waals surface area (Å²) in [5.41, 5.74) is 4.02. The van der Waals surface area contributed by atoms with Gasteiger partial charge in [-0.15, -0.1) is 0 Å². The minimum absolute atomic E-state index is 0.0120. The zero-order valence-corrected chi connectivity index (χ0v) is 16.6. The summed E-state index contributed by atoms with van der Waals surface area (Å²) in [6.07, 6.45) is 11.7. The molecule has 150 valence electrons. The minimum Gasteiger partial charge on any atom is -0.481 e. The van der Waals surface area contributed by atoms with Crippen LogP contribution in [0.4, 0.5) is 0 Å². The number of carboxylic acid groups (broad SMARTS) is 1. The Morgan fingerprint density at radius 1 is 0.852 bits per heavy atom. The molecule has 5 nitrogen and oxygen atoms in total. The van der Waals surface area contributed by atoms with E-state index in [1.54, 1.807) is 0 Å². The monoisotopic (exact) mass is 374 g/mol. The third-order valence-electron chi connectivity index (χ3n) is 4.51. The highest BCUT2D eigenvalue weighted by Crippen LogP contribution is 2.11. The standard InChI is InChI=1S/C22H34N2O3/c1-2-3-4-5-6-7-8-9-13-16-21(25)24-23-20(17-18-22(26)27)19-14-11-10-12-15-19/h10-12,14-15H,2-9,13,16-18H2,1H3,(H,24,25)(H,26,27)/b23-20+. The van der Waals surface area contributed by atoms with Crippen molar-refractivity contribution in [1.82, 2.24) is 5.43 Å². The number of amides is 1. The third kappa shape index (κ3) is 11.9. The lowest BCUT2D eigenvalue weighted by atomic mass is 10.1. The molecule has 2 N–H and O–H groups in total. The van der Waals surface area contributed by atoms with Crippen LogP contribution in [0.3, 0.4) is 0 Å². The number of nitrogens with one attached hydrogen (secondary N) is 1. The van der Waals surface area contributed by atoms with Crippen LogP contribution in [0.2, 0.25) is 0 Å². The molecule has 0 unspecified atom stereocenters. The van der Waals surface area contributed by atoms with E-state index in [4.69, 9.17) is 5.11 Å². The van der Waals surface area contributed by atoms with Gasteiger partial charge in [-0.25, -0.2) is 5.43 Å². The Labute approximate surface area is 163 Å². The molecular weight excluding hydrogens is 340 g/mol. The molecule has 0 aliphatic carbocycles. The average Bonchev–Trinajstić information content (AvgIpc) is 2.67. The number of hydrogen-bond donors (Lipinski definition) is 2. The highest BCUT2D eigenvalue weighted by molar-refractivity contribution is 6.02. The molecule has 0 saturated heterocycles. The topological polar surface area (TPSA) is 78.8 Å². The van der Waals surface area contributed by atoms with Crippen LogP contribution in [-0.4, -0.2) is 22.7 Å². The number of nitrogens with zero attached hydrogens (tertiary/aromatic N) is 1. The summed E-state index contributed by atoms with van der Waals surface area (Å²) in [5, 5.41) is 13.1. The van der Waals surface area contributed by atoms with Gasteiger partial charge in [0.25, 0.3) is 0 Å². The lowest BCUT2D eigenvalue weighted by Gasteiger charge is -2.07. The van der Waals surface area contributed by atoms with Crippen LogP contribution < -0.4 is 5.43 Å². The fourth-order valence-electron chi connectivity index (χ4n) is 2.90. The molecule has 0 aliphatic heterocycles. The first kappa shape index (κ1) is 22.9. The Morgan fingerprint density at radius 2 is 1.44 bits per heavy atom. The molecule has 1 rings (SSSR count). The van der Waals surface area contributed by atoms with Gasteiger partial charge in [0.2, 0.25) is 5.91 Å². The number of unbranched alkanes of at least 4 members (excludes halogenated alkanes) is 8. The summed E-state index contributed by atoms with van der Waals surface area (Å²) >= 11 is 0. The zero-order valence-electron chi connectivity index (χ0n) is 16.6. The van der Waals surface area contributed by atoms with Crippen molar-refractivity contribution in [2.24, 2.45) is 5.10 Å². The van der Waals surface area contributed by atoms with Gasteiger partial charge in [0.05, 0.1) is 12.1 Å². The number of carboxylic acids is 1. The van der Waals surface area contributed by atoms with Crippen LogP contribution in [-0.2, 0) is 9.59 Å². The zero-order chi connectivity index (χ0) is 19.7. The van der Waals surface area contributed by atoms with Crippen LogP contribution in [0.1, 0.15) is 89.5 Å². The number of carbonyl (C=O) groups is 2. The summed E-state index contributed by atoms with van der Waals surface area (Å²) in [5.74, 6) is -0.985. The van der Waals surface area contributed by atoms with E-state index in [0.29, 0.717) is 12.1 Å². The molecular formula is C22H34N2O3. The number of carbonyl (C=O) groups excluding carboxylic acids is 1. The van der Waals surface area contributed by atoms with Crippen LogP contribution >= 0.6 is 0 Å². The largest absolute Gasteiger partial charge is 0.481 e. The molecule has 27 heavy (non-hydrogen) atoms. The minimum atomic E-state index is -0.875. The van der Waals surface area contributed by atoms with Gasteiger partial charge in [0.1, 0.15) is 0 Å². The molecule has 1 amide bonds. The molecule has 5 heteroatoms. The Hall–Kier alpha value is -2.17. The molecule has 0 aromatic heterocycles. The summed E-state index contributed by atoms with van der Waals surface area (Å²) in [4.78, 5) is 22.8. The maximum absolute atomic E-state index is 12.0. The van der Waals surface area contributed by atoms with Crippen molar-refractivity contribution in [1.29, 1.82) is 0 Å². The second-order valence-electron chi connectivity index (χ2n) is 6.93. The van der Waals surface area contributed by atoms with Crippen LogP contribution in [0.15, 0.2) is 35.4 Å². The van der Waals surface area contributed by atoms with Gasteiger partial charge in [-0.05, 0) is 12.0 Å². The van der Waals surface area contributed by atoms with E-state index < -0.39 is 5.97 Å². The Morgan fingerprint density at radius 3 is 2.04 bits per heavy atom. The van der Waals surface area contributed by atoms with E-state index >= 15 is 0 Å². The molecule has 0 bridgehead atoms. The SMILES string of the molecule is CCCCCCCCCCCC(=O)N/N=C(\CCC(=O)O)c1ccccc1. The molecule has 0 spiro atoms. The Balaban J connectivity index is 2.28. The van der Waals surface area contributed by atoms with Gasteiger partial charge in [-0.2, -0.15) is 5.10 Å². The lowest BCUT2D eigenvalue weighted by Crippen LogP contribution is -2.20. The number of aliphatic carboxylic acids is 1. The van der Waals surface area contributed by atoms with E-state index in [2.05, 4.69) is 17.5 Å². The molecule has 0 aliphatic rings. The van der Waals surface area contributed by atoms with E-state index in [9.17, 15) is 9.59 Å². The highest BCUT2D eigenvalue weighted by atomic mass is 16.4. The van der Waals surface area contributed by atoms with Crippen molar-refractivity contribution in [2.75, 3.05) is 0 Å². The number of hydrogen-bond acceptors (Lipinski definition) is 3. The van der Waals surface area contributed by atoms with Crippen molar-refractivity contribution in [2.45, 2.75) is 84.0 Å². The van der Waals surface area contributed by atoms with E-state index in [-0.39, 0.29) is 18.7 Å². The van der Waals surface area contributed by atoms with Crippen LogP contribution in [0, 0.1) is 0 Å². The second kappa shape index (κ2) is 14.9. The predicted octanol–water partition coefficient (Wildman–Crippen LogP) is 5.29. The van der Waals surface area contributed by atoms with Crippen molar-refractivity contribution >= 4 is 17.6 Å². The van der Waals surface area contributed by atoms with Crippen molar-refractivity contribution in [3.05, 3.63) is 35.9 Å². The maximum atomic E-state index is 12.0.